The molecule has 0 atom stereocenters. The Balaban J connectivity index is 2.09. The number of fused-ring (bicyclic) bond motifs is 2. The van der Waals surface area contributed by atoms with E-state index in [1.807, 2.05) is 6.08 Å². The molecule has 0 radical (unpaired) electrons. The molecular weight excluding hydrogens is 308 g/mol. The molecule has 24 heavy (non-hydrogen) atoms. The summed E-state index contributed by atoms with van der Waals surface area (Å²) in [4.78, 5) is 4.47. The molecule has 0 N–H and O–H groups in total. The fourth-order valence-electron chi connectivity index (χ4n) is 3.77. The monoisotopic (exact) mass is 336 g/mol. The predicted molar refractivity (Wildman–Crippen MR) is 110 cm³/mol. The highest BCUT2D eigenvalue weighted by Crippen LogP contribution is 2.25. The van der Waals surface area contributed by atoms with Crippen molar-refractivity contribution in [3.63, 3.8) is 0 Å². The van der Waals surface area contributed by atoms with Gasteiger partial charge in [-0.15, -0.1) is 6.58 Å². The number of hydrogen-bond acceptors (Lipinski definition) is 2. The van der Waals surface area contributed by atoms with Crippen LogP contribution >= 0.6 is 0 Å². The van der Waals surface area contributed by atoms with Crippen molar-refractivity contribution in [2.24, 2.45) is 0 Å². The van der Waals surface area contributed by atoms with Gasteiger partial charge in [0.15, 0.2) is 0 Å². The molecule has 3 rings (SSSR count). The highest BCUT2D eigenvalue weighted by molar-refractivity contribution is 7.01. The van der Waals surface area contributed by atoms with Gasteiger partial charge in [-0.05, 0) is 52.2 Å². The van der Waals surface area contributed by atoms with Crippen molar-refractivity contribution in [1.82, 2.24) is 0 Å². The first-order chi connectivity index (χ1) is 11.3. The van der Waals surface area contributed by atoms with Crippen LogP contribution in [0.2, 0.25) is 13.1 Å². The Hall–Kier alpha value is -2.00. The van der Waals surface area contributed by atoms with Crippen LogP contribution in [0.25, 0.3) is 0 Å². The smallest absolute Gasteiger partial charge is 0.113 e. The first-order valence-electron chi connectivity index (χ1n) is 8.60. The van der Waals surface area contributed by atoms with E-state index in [-0.39, 0.29) is 0 Å². The first kappa shape index (κ1) is 16.8. The maximum Gasteiger partial charge on any atom is 0.113 e. The zero-order valence-corrected chi connectivity index (χ0v) is 16.6. The quantitative estimate of drug-likeness (QED) is 0.625. The number of hydrogen-bond donors (Lipinski definition) is 0. The van der Waals surface area contributed by atoms with Gasteiger partial charge in [0, 0.05) is 39.1 Å². The highest BCUT2D eigenvalue weighted by Gasteiger charge is 2.35. The van der Waals surface area contributed by atoms with Crippen LogP contribution in [0.15, 0.2) is 49.1 Å². The van der Waals surface area contributed by atoms with Gasteiger partial charge in [0.05, 0.1) is 0 Å². The van der Waals surface area contributed by atoms with Crippen molar-refractivity contribution >= 4 is 29.8 Å². The van der Waals surface area contributed by atoms with Crippen LogP contribution in [0.5, 0.6) is 0 Å². The molecule has 126 valence electrons. The minimum Gasteiger partial charge on any atom is -0.378 e. The van der Waals surface area contributed by atoms with Crippen LogP contribution in [-0.2, 0) is 6.42 Å². The van der Waals surface area contributed by atoms with E-state index in [0.717, 1.165) is 13.0 Å². The molecule has 0 fully saturated rings. The Morgan fingerprint density at radius 1 is 0.958 bits per heavy atom. The van der Waals surface area contributed by atoms with Crippen molar-refractivity contribution < 1.29 is 0 Å². The average Bonchev–Trinajstić information content (AvgIpc) is 2.54. The van der Waals surface area contributed by atoms with Gasteiger partial charge in [-0.25, -0.2) is 0 Å². The van der Waals surface area contributed by atoms with Gasteiger partial charge < -0.3 is 9.80 Å². The molecule has 2 aromatic rings. The topological polar surface area (TPSA) is 6.48 Å². The Labute approximate surface area is 147 Å². The van der Waals surface area contributed by atoms with Crippen molar-refractivity contribution in [2.45, 2.75) is 19.5 Å². The van der Waals surface area contributed by atoms with Crippen LogP contribution in [0.4, 0.5) is 11.4 Å². The van der Waals surface area contributed by atoms with Crippen LogP contribution < -0.4 is 20.2 Å². The van der Waals surface area contributed by atoms with Gasteiger partial charge in [-0.3, -0.25) is 0 Å². The standard InChI is InChI=1S/C21H28N2Si/c1-7-12-23(4)19-11-9-17-13-16-8-10-18(22(2)3)14-20(16)24(5,6)21(17)15-19/h7-11,14-15H,1,12-13H2,2-6H3. The minimum atomic E-state index is -1.69. The molecule has 0 spiro atoms. The van der Waals surface area contributed by atoms with Gasteiger partial charge in [-0.1, -0.05) is 31.3 Å². The zero-order valence-electron chi connectivity index (χ0n) is 15.6. The van der Waals surface area contributed by atoms with Crippen molar-refractivity contribution in [1.29, 1.82) is 0 Å². The van der Waals surface area contributed by atoms with Crippen molar-refractivity contribution in [3.05, 3.63) is 60.2 Å². The summed E-state index contributed by atoms with van der Waals surface area (Å²) < 4.78 is 0. The average molecular weight is 337 g/mol. The lowest BCUT2D eigenvalue weighted by Crippen LogP contribution is -2.58. The maximum absolute atomic E-state index is 3.86. The second kappa shape index (κ2) is 6.13. The summed E-state index contributed by atoms with van der Waals surface area (Å²) in [5.41, 5.74) is 5.61. The summed E-state index contributed by atoms with van der Waals surface area (Å²) in [6.07, 6.45) is 3.01. The van der Waals surface area contributed by atoms with Gasteiger partial charge in [-0.2, -0.15) is 0 Å². The Bertz CT molecular complexity index is 777. The molecule has 0 aliphatic carbocycles. The number of likely N-dealkylation sites (N-methyl/N-ethyl adjacent to an activating group) is 1. The molecule has 0 bridgehead atoms. The summed E-state index contributed by atoms with van der Waals surface area (Å²) in [6, 6.07) is 14.0. The van der Waals surface area contributed by atoms with Gasteiger partial charge in [0.25, 0.3) is 0 Å². The van der Waals surface area contributed by atoms with Crippen LogP contribution in [0, 0.1) is 0 Å². The largest absolute Gasteiger partial charge is 0.378 e. The van der Waals surface area contributed by atoms with E-state index >= 15 is 0 Å². The lowest BCUT2D eigenvalue weighted by Gasteiger charge is -2.35. The zero-order chi connectivity index (χ0) is 17.5. The van der Waals surface area contributed by atoms with E-state index in [0.29, 0.717) is 0 Å². The molecule has 0 aromatic heterocycles. The predicted octanol–water partition coefficient (Wildman–Crippen LogP) is 3.10. The Morgan fingerprint density at radius 2 is 1.50 bits per heavy atom. The summed E-state index contributed by atoms with van der Waals surface area (Å²) in [6.45, 7) is 9.71. The van der Waals surface area contributed by atoms with Gasteiger partial charge >= 0.3 is 0 Å². The second-order valence-electron chi connectivity index (χ2n) is 7.55. The molecule has 0 saturated heterocycles. The Kier molecular flexibility index (Phi) is 4.30. The molecular formula is C21H28N2Si. The molecule has 0 saturated carbocycles. The van der Waals surface area contributed by atoms with E-state index in [1.54, 1.807) is 10.4 Å². The van der Waals surface area contributed by atoms with Gasteiger partial charge in [0.1, 0.15) is 8.07 Å². The molecule has 1 heterocycles. The van der Waals surface area contributed by atoms with Crippen molar-refractivity contribution in [2.75, 3.05) is 37.5 Å². The summed E-state index contributed by atoms with van der Waals surface area (Å²) in [7, 11) is 4.69. The third-order valence-corrected chi connectivity index (χ3v) is 8.90. The van der Waals surface area contributed by atoms with Crippen LogP contribution in [0.3, 0.4) is 0 Å². The molecule has 2 nitrogen and oxygen atoms in total. The summed E-state index contributed by atoms with van der Waals surface area (Å²) in [5.74, 6) is 0. The van der Waals surface area contributed by atoms with E-state index < -0.39 is 8.07 Å². The van der Waals surface area contributed by atoms with Gasteiger partial charge in [0.2, 0.25) is 0 Å². The lowest BCUT2D eigenvalue weighted by molar-refractivity contribution is 1.03. The lowest BCUT2D eigenvalue weighted by atomic mass is 10.0. The highest BCUT2D eigenvalue weighted by atomic mass is 28.3. The van der Waals surface area contributed by atoms with Crippen molar-refractivity contribution in [3.8, 4) is 0 Å². The van der Waals surface area contributed by atoms with E-state index in [9.17, 15) is 0 Å². The van der Waals surface area contributed by atoms with Crippen LogP contribution in [0.1, 0.15) is 11.1 Å². The second-order valence-corrected chi connectivity index (χ2v) is 11.9. The number of rotatable bonds is 4. The molecule has 1 aliphatic rings. The molecule has 1 aliphatic heterocycles. The van der Waals surface area contributed by atoms with E-state index in [2.05, 4.69) is 87.0 Å². The fraction of sp³-hybridized carbons (Fsp3) is 0.333. The molecule has 0 unspecified atom stereocenters. The number of benzene rings is 2. The molecule has 0 amide bonds. The molecule has 3 heteroatoms. The number of anilines is 2. The summed E-state index contributed by atoms with van der Waals surface area (Å²) >= 11 is 0. The third kappa shape index (κ3) is 2.77. The summed E-state index contributed by atoms with van der Waals surface area (Å²) in [5, 5.41) is 3.17. The SMILES string of the molecule is C=CCN(C)c1ccc2c(c1)[Si](C)(C)c1cc(N(C)C)ccc1C2. The first-order valence-corrected chi connectivity index (χ1v) is 11.6. The maximum atomic E-state index is 3.86. The van der Waals surface area contributed by atoms with E-state index in [4.69, 9.17) is 0 Å². The third-order valence-electron chi connectivity index (χ3n) is 5.27. The molecule has 2 aromatic carbocycles. The Morgan fingerprint density at radius 3 is 2.04 bits per heavy atom. The number of nitrogens with zero attached hydrogens (tertiary/aromatic N) is 2. The fourth-order valence-corrected chi connectivity index (χ4v) is 7.02. The minimum absolute atomic E-state index is 0.877. The normalized spacial score (nSPS) is 14.5. The van der Waals surface area contributed by atoms with Crippen LogP contribution in [-0.4, -0.2) is 35.8 Å². The van der Waals surface area contributed by atoms with E-state index in [1.165, 1.54) is 22.5 Å².